The summed E-state index contributed by atoms with van der Waals surface area (Å²) in [6.45, 7) is 0.130. The molecule has 1 N–H and O–H groups in total. The number of aromatic nitrogens is 1. The summed E-state index contributed by atoms with van der Waals surface area (Å²) in [5.74, 6) is 0.0499. The molecule has 0 fully saturated rings. The Hall–Kier alpha value is -3.03. The summed E-state index contributed by atoms with van der Waals surface area (Å²) in [7, 11) is 0. The maximum atomic E-state index is 13.5. The Balaban J connectivity index is 1.76. The number of carbonyl (C=O) groups is 1. The monoisotopic (exact) mass is 465 g/mol. The maximum Gasteiger partial charge on any atom is 0.255 e. The Bertz CT molecular complexity index is 1070. The van der Waals surface area contributed by atoms with Crippen molar-refractivity contribution in [2.45, 2.75) is 12.3 Å². The van der Waals surface area contributed by atoms with E-state index in [0.717, 1.165) is 21.4 Å². The SMILES string of the molecule is O=C1C(c2cccc(OCCO)c2)CC(c2ccccn2)=NN1c1ccccc1Br. The molecular weight excluding hydrogens is 446 g/mol. The van der Waals surface area contributed by atoms with Gasteiger partial charge in [0, 0.05) is 17.1 Å². The van der Waals surface area contributed by atoms with E-state index in [1.807, 2.05) is 66.7 Å². The van der Waals surface area contributed by atoms with Gasteiger partial charge in [-0.25, -0.2) is 0 Å². The maximum absolute atomic E-state index is 13.5. The molecule has 1 unspecified atom stereocenters. The summed E-state index contributed by atoms with van der Waals surface area (Å²) < 4.78 is 6.32. The van der Waals surface area contributed by atoms with Crippen molar-refractivity contribution in [1.29, 1.82) is 0 Å². The van der Waals surface area contributed by atoms with E-state index in [-0.39, 0.29) is 19.1 Å². The van der Waals surface area contributed by atoms with Crippen LogP contribution >= 0.6 is 15.9 Å². The van der Waals surface area contributed by atoms with E-state index < -0.39 is 5.92 Å². The van der Waals surface area contributed by atoms with E-state index in [9.17, 15) is 4.79 Å². The first-order chi connectivity index (χ1) is 14.7. The van der Waals surface area contributed by atoms with Gasteiger partial charge >= 0.3 is 0 Å². The van der Waals surface area contributed by atoms with Crippen molar-refractivity contribution in [3.8, 4) is 5.75 Å². The largest absolute Gasteiger partial charge is 0.491 e. The quantitative estimate of drug-likeness (QED) is 0.593. The van der Waals surface area contributed by atoms with Gasteiger partial charge in [0.1, 0.15) is 12.4 Å². The van der Waals surface area contributed by atoms with Gasteiger partial charge in [-0.2, -0.15) is 10.1 Å². The van der Waals surface area contributed by atoms with Crippen LogP contribution in [-0.4, -0.2) is 34.9 Å². The number of para-hydroxylation sites is 1. The van der Waals surface area contributed by atoms with Gasteiger partial charge in [0.2, 0.25) is 0 Å². The third kappa shape index (κ3) is 4.27. The zero-order chi connectivity index (χ0) is 20.9. The number of aliphatic hydroxyl groups excluding tert-OH is 1. The number of nitrogens with zero attached hydrogens (tertiary/aromatic N) is 3. The smallest absolute Gasteiger partial charge is 0.255 e. The highest BCUT2D eigenvalue weighted by atomic mass is 79.9. The van der Waals surface area contributed by atoms with Crippen LogP contribution in [0.15, 0.2) is 82.5 Å². The molecule has 0 bridgehead atoms. The van der Waals surface area contributed by atoms with Crippen molar-refractivity contribution in [1.82, 2.24) is 4.98 Å². The summed E-state index contributed by atoms with van der Waals surface area (Å²) in [5, 5.41) is 15.1. The third-order valence-corrected chi connectivity index (χ3v) is 5.46. The number of pyridine rings is 1. The number of rotatable bonds is 6. The molecule has 1 aliphatic rings. The molecule has 0 spiro atoms. The predicted octanol–water partition coefficient (Wildman–Crippen LogP) is 4.14. The van der Waals surface area contributed by atoms with Gasteiger partial charge in [-0.1, -0.05) is 30.3 Å². The molecule has 0 saturated heterocycles. The highest BCUT2D eigenvalue weighted by Gasteiger charge is 2.34. The van der Waals surface area contributed by atoms with Crippen molar-refractivity contribution >= 4 is 33.2 Å². The molecule has 7 heteroatoms. The Morgan fingerprint density at radius 1 is 1.10 bits per heavy atom. The topological polar surface area (TPSA) is 75.0 Å². The first kappa shape index (κ1) is 20.3. The normalized spacial score (nSPS) is 16.3. The van der Waals surface area contributed by atoms with Crippen molar-refractivity contribution in [3.05, 3.63) is 88.7 Å². The summed E-state index contributed by atoms with van der Waals surface area (Å²) >= 11 is 3.53. The fourth-order valence-electron chi connectivity index (χ4n) is 3.37. The van der Waals surface area contributed by atoms with Gasteiger partial charge < -0.3 is 9.84 Å². The number of hydrogen-bond donors (Lipinski definition) is 1. The van der Waals surface area contributed by atoms with E-state index in [0.29, 0.717) is 17.9 Å². The van der Waals surface area contributed by atoms with E-state index in [2.05, 4.69) is 26.0 Å². The van der Waals surface area contributed by atoms with Crippen LogP contribution in [0.4, 0.5) is 5.69 Å². The number of carbonyl (C=O) groups excluding carboxylic acids is 1. The summed E-state index contributed by atoms with van der Waals surface area (Å²) in [6.07, 6.45) is 2.15. The molecule has 152 valence electrons. The third-order valence-electron chi connectivity index (χ3n) is 4.79. The number of aliphatic hydroxyl groups is 1. The van der Waals surface area contributed by atoms with Crippen LogP contribution in [-0.2, 0) is 4.79 Å². The molecule has 1 atom stereocenters. The standard InChI is InChI=1S/C23H20BrN3O3/c24-19-8-1-2-10-22(19)27-23(29)18(15-21(26-27)20-9-3-4-11-25-20)16-6-5-7-17(14-16)30-13-12-28/h1-11,14,18,28H,12-13,15H2. The molecule has 2 aromatic carbocycles. The van der Waals surface area contributed by atoms with Gasteiger partial charge in [0.05, 0.1) is 29.6 Å². The van der Waals surface area contributed by atoms with Crippen LogP contribution in [0.3, 0.4) is 0 Å². The summed E-state index contributed by atoms with van der Waals surface area (Å²) in [6, 6.07) is 20.6. The zero-order valence-corrected chi connectivity index (χ0v) is 17.7. The van der Waals surface area contributed by atoms with Crippen LogP contribution in [0.2, 0.25) is 0 Å². The number of hydrogen-bond acceptors (Lipinski definition) is 5. The van der Waals surface area contributed by atoms with Gasteiger partial charge in [-0.15, -0.1) is 0 Å². The molecule has 30 heavy (non-hydrogen) atoms. The van der Waals surface area contributed by atoms with Crippen LogP contribution in [0.25, 0.3) is 0 Å². The number of halogens is 1. The molecule has 3 aromatic rings. The fraction of sp³-hybridized carbons (Fsp3) is 0.174. The molecule has 2 heterocycles. The second kappa shape index (κ2) is 9.19. The van der Waals surface area contributed by atoms with Crippen molar-refractivity contribution in [2.75, 3.05) is 18.2 Å². The van der Waals surface area contributed by atoms with Gasteiger partial charge in [-0.3, -0.25) is 9.78 Å². The highest BCUT2D eigenvalue weighted by Crippen LogP contribution is 2.35. The second-order valence-electron chi connectivity index (χ2n) is 6.76. The van der Waals surface area contributed by atoms with Crippen molar-refractivity contribution in [3.63, 3.8) is 0 Å². The Labute approximate surface area is 183 Å². The molecule has 0 saturated carbocycles. The van der Waals surface area contributed by atoms with Crippen molar-refractivity contribution in [2.24, 2.45) is 5.10 Å². The number of anilines is 1. The minimum Gasteiger partial charge on any atom is -0.491 e. The molecule has 1 aliphatic heterocycles. The van der Waals surface area contributed by atoms with Crippen molar-refractivity contribution < 1.29 is 14.6 Å². The molecule has 0 radical (unpaired) electrons. The lowest BCUT2D eigenvalue weighted by molar-refractivity contribution is -0.120. The highest BCUT2D eigenvalue weighted by molar-refractivity contribution is 9.10. The van der Waals surface area contributed by atoms with E-state index in [1.54, 1.807) is 6.20 Å². The average Bonchev–Trinajstić information content (AvgIpc) is 2.79. The lowest BCUT2D eigenvalue weighted by Crippen LogP contribution is -2.38. The fourth-order valence-corrected chi connectivity index (χ4v) is 3.82. The molecule has 6 nitrogen and oxygen atoms in total. The lowest BCUT2D eigenvalue weighted by Gasteiger charge is -2.30. The number of ether oxygens (including phenoxy) is 1. The minimum absolute atomic E-state index is 0.0706. The van der Waals surface area contributed by atoms with Gasteiger partial charge in [0.15, 0.2) is 0 Å². The number of benzene rings is 2. The summed E-state index contributed by atoms with van der Waals surface area (Å²) in [5.41, 5.74) is 2.97. The lowest BCUT2D eigenvalue weighted by atomic mass is 9.89. The molecule has 4 rings (SSSR count). The Morgan fingerprint density at radius 3 is 2.70 bits per heavy atom. The van der Waals surface area contributed by atoms with Crippen LogP contribution in [0.5, 0.6) is 5.75 Å². The van der Waals surface area contributed by atoms with Crippen LogP contribution in [0.1, 0.15) is 23.6 Å². The Kier molecular flexibility index (Phi) is 6.21. The molecule has 1 amide bonds. The number of amides is 1. The summed E-state index contributed by atoms with van der Waals surface area (Å²) in [4.78, 5) is 17.9. The average molecular weight is 466 g/mol. The minimum atomic E-state index is -0.440. The van der Waals surface area contributed by atoms with E-state index in [4.69, 9.17) is 9.84 Å². The molecule has 1 aromatic heterocycles. The van der Waals surface area contributed by atoms with E-state index >= 15 is 0 Å². The zero-order valence-electron chi connectivity index (χ0n) is 16.1. The predicted molar refractivity (Wildman–Crippen MR) is 119 cm³/mol. The van der Waals surface area contributed by atoms with Gasteiger partial charge in [0.25, 0.3) is 5.91 Å². The van der Waals surface area contributed by atoms with Gasteiger partial charge in [-0.05, 0) is 57.9 Å². The Morgan fingerprint density at radius 2 is 1.93 bits per heavy atom. The first-order valence-electron chi connectivity index (χ1n) is 9.58. The van der Waals surface area contributed by atoms with E-state index in [1.165, 1.54) is 5.01 Å². The van der Waals surface area contributed by atoms with Crippen LogP contribution in [0, 0.1) is 0 Å². The number of hydrazone groups is 1. The molecular formula is C23H20BrN3O3. The second-order valence-corrected chi connectivity index (χ2v) is 7.62. The van der Waals surface area contributed by atoms with Crippen LogP contribution < -0.4 is 9.75 Å². The molecule has 0 aliphatic carbocycles. The first-order valence-corrected chi connectivity index (χ1v) is 10.4.